The first-order valence-corrected chi connectivity index (χ1v) is 8.47. The quantitative estimate of drug-likeness (QED) is 0.848. The Bertz CT molecular complexity index is 690. The summed E-state index contributed by atoms with van der Waals surface area (Å²) in [6, 6.07) is 9.61. The van der Waals surface area contributed by atoms with Crippen LogP contribution in [0.15, 0.2) is 42.7 Å². The summed E-state index contributed by atoms with van der Waals surface area (Å²) in [5, 5.41) is 0. The number of rotatable bonds is 5. The average molecular weight is 325 g/mol. The summed E-state index contributed by atoms with van der Waals surface area (Å²) in [4.78, 5) is 23.3. The van der Waals surface area contributed by atoms with Crippen LogP contribution in [0.1, 0.15) is 37.1 Å². The van der Waals surface area contributed by atoms with E-state index in [9.17, 15) is 4.79 Å². The van der Waals surface area contributed by atoms with E-state index in [4.69, 9.17) is 4.74 Å². The summed E-state index contributed by atoms with van der Waals surface area (Å²) in [5.41, 5.74) is 1.04. The van der Waals surface area contributed by atoms with E-state index in [2.05, 4.69) is 9.97 Å². The maximum absolute atomic E-state index is 12.8. The van der Waals surface area contributed by atoms with Crippen molar-refractivity contribution in [2.24, 2.45) is 0 Å². The van der Waals surface area contributed by atoms with E-state index in [-0.39, 0.29) is 11.8 Å². The van der Waals surface area contributed by atoms with Gasteiger partial charge in [-0.3, -0.25) is 4.79 Å². The number of carbonyl (C=O) groups excluding carboxylic acids is 1. The molecule has 0 spiro atoms. The van der Waals surface area contributed by atoms with Crippen molar-refractivity contribution < 1.29 is 9.53 Å². The molecule has 2 unspecified atom stereocenters. The fourth-order valence-corrected chi connectivity index (χ4v) is 3.05. The largest absolute Gasteiger partial charge is 0.480 e. The fourth-order valence-electron chi connectivity index (χ4n) is 3.05. The number of likely N-dealkylation sites (tertiary alicyclic amines) is 1. The Kier molecular flexibility index (Phi) is 5.08. The molecule has 2 aromatic rings. The Morgan fingerprint density at radius 1 is 1.29 bits per heavy atom. The normalized spacial score (nSPS) is 18.4. The highest BCUT2D eigenvalue weighted by molar-refractivity contribution is 5.81. The van der Waals surface area contributed by atoms with E-state index >= 15 is 0 Å². The van der Waals surface area contributed by atoms with E-state index < -0.39 is 6.10 Å². The van der Waals surface area contributed by atoms with E-state index in [1.54, 1.807) is 12.4 Å². The van der Waals surface area contributed by atoms with E-state index in [1.165, 1.54) is 0 Å². The van der Waals surface area contributed by atoms with Gasteiger partial charge in [-0.05, 0) is 37.5 Å². The van der Waals surface area contributed by atoms with Crippen molar-refractivity contribution in [3.8, 4) is 5.75 Å². The molecule has 0 N–H and O–H groups in total. The third-order valence-electron chi connectivity index (χ3n) is 4.46. The Balaban J connectivity index is 1.66. The number of hydrogen-bond acceptors (Lipinski definition) is 4. The standard InChI is InChI=1S/C19H23N3O2/c1-3-16(24-17-8-5-4-7-14(17)2)19(23)22-12-9-15(13-22)18-20-10-6-11-21-18/h4-8,10-11,15-16H,3,9,12-13H2,1-2H3. The van der Waals surface area contributed by atoms with Crippen molar-refractivity contribution in [3.63, 3.8) is 0 Å². The average Bonchev–Trinajstić information content (AvgIpc) is 3.11. The molecule has 1 aliphatic rings. The molecular weight excluding hydrogens is 302 g/mol. The van der Waals surface area contributed by atoms with Gasteiger partial charge in [-0.15, -0.1) is 0 Å². The molecule has 0 bridgehead atoms. The van der Waals surface area contributed by atoms with Crippen molar-refractivity contribution in [1.82, 2.24) is 14.9 Å². The van der Waals surface area contributed by atoms with Crippen molar-refractivity contribution in [2.45, 2.75) is 38.7 Å². The van der Waals surface area contributed by atoms with Gasteiger partial charge in [-0.2, -0.15) is 0 Å². The van der Waals surface area contributed by atoms with Gasteiger partial charge >= 0.3 is 0 Å². The number of carbonyl (C=O) groups is 1. The van der Waals surface area contributed by atoms with Gasteiger partial charge in [0.25, 0.3) is 5.91 Å². The Morgan fingerprint density at radius 2 is 2.04 bits per heavy atom. The molecule has 24 heavy (non-hydrogen) atoms. The van der Waals surface area contributed by atoms with Crippen LogP contribution in [0.3, 0.4) is 0 Å². The topological polar surface area (TPSA) is 55.3 Å². The van der Waals surface area contributed by atoms with Gasteiger partial charge in [0.05, 0.1) is 0 Å². The number of para-hydroxylation sites is 1. The summed E-state index contributed by atoms with van der Waals surface area (Å²) in [6.45, 7) is 5.37. The van der Waals surface area contributed by atoms with Gasteiger partial charge in [-0.25, -0.2) is 9.97 Å². The lowest BCUT2D eigenvalue weighted by molar-refractivity contribution is -0.137. The minimum Gasteiger partial charge on any atom is -0.480 e. The molecule has 1 aromatic heterocycles. The van der Waals surface area contributed by atoms with Crippen LogP contribution in [-0.2, 0) is 4.79 Å². The van der Waals surface area contributed by atoms with E-state index in [0.29, 0.717) is 13.0 Å². The molecule has 1 saturated heterocycles. The second-order valence-electron chi connectivity index (χ2n) is 6.16. The summed E-state index contributed by atoms with van der Waals surface area (Å²) >= 11 is 0. The first-order chi connectivity index (χ1) is 11.7. The Hall–Kier alpha value is -2.43. The molecule has 1 amide bonds. The summed E-state index contributed by atoms with van der Waals surface area (Å²) < 4.78 is 5.99. The number of nitrogens with zero attached hydrogens (tertiary/aromatic N) is 3. The predicted molar refractivity (Wildman–Crippen MR) is 91.9 cm³/mol. The van der Waals surface area contributed by atoms with Crippen LogP contribution in [0.5, 0.6) is 5.75 Å². The maximum Gasteiger partial charge on any atom is 0.263 e. The number of benzene rings is 1. The Morgan fingerprint density at radius 3 is 2.75 bits per heavy atom. The molecule has 0 aliphatic carbocycles. The molecule has 1 fully saturated rings. The number of hydrogen-bond donors (Lipinski definition) is 0. The highest BCUT2D eigenvalue weighted by atomic mass is 16.5. The van der Waals surface area contributed by atoms with Gasteiger partial charge in [0.15, 0.2) is 6.10 Å². The van der Waals surface area contributed by atoms with Crippen LogP contribution in [-0.4, -0.2) is 40.0 Å². The number of aryl methyl sites for hydroxylation is 1. The molecule has 2 heterocycles. The van der Waals surface area contributed by atoms with Crippen molar-refractivity contribution in [2.75, 3.05) is 13.1 Å². The van der Waals surface area contributed by atoms with Gasteiger partial charge in [0.2, 0.25) is 0 Å². The van der Waals surface area contributed by atoms with Crippen molar-refractivity contribution >= 4 is 5.91 Å². The molecule has 5 heteroatoms. The number of ether oxygens (including phenoxy) is 1. The van der Waals surface area contributed by atoms with Gasteiger partial charge in [-0.1, -0.05) is 25.1 Å². The lowest BCUT2D eigenvalue weighted by Gasteiger charge is -2.24. The van der Waals surface area contributed by atoms with Crippen LogP contribution in [0, 0.1) is 6.92 Å². The SMILES string of the molecule is CCC(Oc1ccccc1C)C(=O)N1CCC(c2ncccn2)C1. The third kappa shape index (κ3) is 3.55. The lowest BCUT2D eigenvalue weighted by atomic mass is 10.1. The monoisotopic (exact) mass is 325 g/mol. The fraction of sp³-hybridized carbons (Fsp3) is 0.421. The zero-order valence-electron chi connectivity index (χ0n) is 14.2. The first kappa shape index (κ1) is 16.4. The summed E-state index contributed by atoms with van der Waals surface area (Å²) in [5.74, 6) is 1.87. The predicted octanol–water partition coefficient (Wildman–Crippen LogP) is 2.96. The second-order valence-corrected chi connectivity index (χ2v) is 6.16. The highest BCUT2D eigenvalue weighted by Gasteiger charge is 2.33. The van der Waals surface area contributed by atoms with Crippen LogP contribution in [0.4, 0.5) is 0 Å². The molecule has 0 radical (unpaired) electrons. The summed E-state index contributed by atoms with van der Waals surface area (Å²) in [7, 11) is 0. The van der Waals surface area contributed by atoms with Crippen LogP contribution in [0.2, 0.25) is 0 Å². The second kappa shape index (κ2) is 7.43. The van der Waals surface area contributed by atoms with Gasteiger partial charge < -0.3 is 9.64 Å². The van der Waals surface area contributed by atoms with Crippen molar-refractivity contribution in [3.05, 3.63) is 54.1 Å². The number of amides is 1. The molecule has 1 aromatic carbocycles. The van der Waals surface area contributed by atoms with Gasteiger partial charge in [0, 0.05) is 31.4 Å². The van der Waals surface area contributed by atoms with Crippen LogP contribution in [0.25, 0.3) is 0 Å². The maximum atomic E-state index is 12.8. The molecule has 1 aliphatic heterocycles. The number of aromatic nitrogens is 2. The zero-order chi connectivity index (χ0) is 16.9. The van der Waals surface area contributed by atoms with Crippen molar-refractivity contribution in [1.29, 1.82) is 0 Å². The smallest absolute Gasteiger partial charge is 0.263 e. The molecule has 2 atom stereocenters. The van der Waals surface area contributed by atoms with E-state index in [0.717, 1.165) is 30.1 Å². The van der Waals surface area contributed by atoms with Crippen LogP contribution >= 0.6 is 0 Å². The highest BCUT2D eigenvalue weighted by Crippen LogP contribution is 2.26. The first-order valence-electron chi connectivity index (χ1n) is 8.47. The van der Waals surface area contributed by atoms with Gasteiger partial charge in [0.1, 0.15) is 11.6 Å². The minimum atomic E-state index is -0.443. The third-order valence-corrected chi connectivity index (χ3v) is 4.46. The molecule has 0 saturated carbocycles. The lowest BCUT2D eigenvalue weighted by Crippen LogP contribution is -2.40. The minimum absolute atomic E-state index is 0.0548. The molecular formula is C19H23N3O2. The van der Waals surface area contributed by atoms with Crippen LogP contribution < -0.4 is 4.74 Å². The molecule has 126 valence electrons. The molecule has 3 rings (SSSR count). The van der Waals surface area contributed by atoms with E-state index in [1.807, 2.05) is 49.1 Å². The zero-order valence-corrected chi connectivity index (χ0v) is 14.2. The summed E-state index contributed by atoms with van der Waals surface area (Å²) in [6.07, 6.45) is 4.61. The molecule has 5 nitrogen and oxygen atoms in total. The Labute approximate surface area is 142 Å².